The van der Waals surface area contributed by atoms with E-state index in [9.17, 15) is 18.0 Å². The van der Waals surface area contributed by atoms with Gasteiger partial charge in [0.05, 0.1) is 16.5 Å². The minimum Gasteiger partial charge on any atom is -0.304 e. The molecule has 3 nitrogen and oxygen atoms in total. The zero-order chi connectivity index (χ0) is 19.6. The predicted molar refractivity (Wildman–Crippen MR) is 103 cm³/mol. The summed E-state index contributed by atoms with van der Waals surface area (Å²) < 4.78 is 38.7. The molecule has 1 aliphatic rings. The molecule has 1 amide bonds. The number of hydrogen-bond acceptors (Lipinski definition) is 3. The minimum absolute atomic E-state index is 0.0903. The first-order valence-electron chi connectivity index (χ1n) is 8.27. The summed E-state index contributed by atoms with van der Waals surface area (Å²) in [5.74, 6) is -0.294. The molecule has 8 heteroatoms. The highest BCUT2D eigenvalue weighted by Crippen LogP contribution is 2.34. The molecule has 1 unspecified atom stereocenters. The summed E-state index contributed by atoms with van der Waals surface area (Å²) in [6.07, 6.45) is -3.45. The van der Waals surface area contributed by atoms with Gasteiger partial charge in [-0.3, -0.25) is 4.79 Å². The molecule has 1 atom stereocenters. The second-order valence-electron chi connectivity index (χ2n) is 6.04. The zero-order valence-corrected chi connectivity index (χ0v) is 15.9. The Kier molecular flexibility index (Phi) is 5.81. The number of benzene rings is 2. The summed E-state index contributed by atoms with van der Waals surface area (Å²) in [6, 6.07) is 10.8. The number of thioether (sulfide) groups is 1. The number of aliphatic imine (C=N–C) groups is 1. The molecule has 2 aromatic carbocycles. The number of hydrogen-bond donors (Lipinski definition) is 1. The van der Waals surface area contributed by atoms with Gasteiger partial charge in [0.2, 0.25) is 5.91 Å². The largest absolute Gasteiger partial charge is 0.416 e. The third kappa shape index (κ3) is 4.84. The van der Waals surface area contributed by atoms with Gasteiger partial charge in [-0.2, -0.15) is 13.2 Å². The topological polar surface area (TPSA) is 41.5 Å². The van der Waals surface area contributed by atoms with E-state index in [0.29, 0.717) is 10.9 Å². The summed E-state index contributed by atoms with van der Waals surface area (Å²) >= 11 is 7.22. The van der Waals surface area contributed by atoms with Crippen molar-refractivity contribution in [1.82, 2.24) is 5.32 Å². The van der Waals surface area contributed by atoms with Gasteiger partial charge in [-0.25, -0.2) is 4.99 Å². The van der Waals surface area contributed by atoms with Gasteiger partial charge >= 0.3 is 6.18 Å². The highest BCUT2D eigenvalue weighted by Gasteiger charge is 2.33. The van der Waals surface area contributed by atoms with Gasteiger partial charge in [0.25, 0.3) is 0 Å². The van der Waals surface area contributed by atoms with Crippen LogP contribution < -0.4 is 5.32 Å². The standard InChI is InChI=1S/C19H16ClF3N2OS/c1-2-11-3-6-14(7-4-11)24-18-25-17(26)16(27-18)10-12-9-13(19(21,22)23)5-8-15(12)20/h3-9,16H,2,10H2,1H3,(H,24,25,26). The molecule has 2 aromatic rings. The van der Waals surface area contributed by atoms with Crippen molar-refractivity contribution in [2.45, 2.75) is 31.2 Å². The lowest BCUT2D eigenvalue weighted by Gasteiger charge is -2.12. The summed E-state index contributed by atoms with van der Waals surface area (Å²) in [5, 5.41) is 2.72. The van der Waals surface area contributed by atoms with Crippen molar-refractivity contribution in [3.05, 3.63) is 64.2 Å². The first-order valence-corrected chi connectivity index (χ1v) is 9.53. The average molecular weight is 413 g/mol. The molecule has 0 spiro atoms. The monoisotopic (exact) mass is 412 g/mol. The lowest BCUT2D eigenvalue weighted by Crippen LogP contribution is -2.26. The second kappa shape index (κ2) is 7.94. The number of carbonyl (C=O) groups excluding carboxylic acids is 1. The molecule has 0 aliphatic carbocycles. The Morgan fingerprint density at radius 2 is 1.89 bits per heavy atom. The highest BCUT2D eigenvalue weighted by atomic mass is 35.5. The van der Waals surface area contributed by atoms with Gasteiger partial charge in [0.1, 0.15) is 0 Å². The molecule has 0 aromatic heterocycles. The van der Waals surface area contributed by atoms with E-state index < -0.39 is 17.0 Å². The fourth-order valence-electron chi connectivity index (χ4n) is 2.62. The molecule has 27 heavy (non-hydrogen) atoms. The quantitative estimate of drug-likeness (QED) is 0.732. The highest BCUT2D eigenvalue weighted by molar-refractivity contribution is 8.15. The second-order valence-corrected chi connectivity index (χ2v) is 7.64. The predicted octanol–water partition coefficient (Wildman–Crippen LogP) is 5.38. The lowest BCUT2D eigenvalue weighted by atomic mass is 10.1. The number of alkyl halides is 3. The minimum atomic E-state index is -4.46. The molecule has 1 saturated heterocycles. The van der Waals surface area contributed by atoms with Crippen molar-refractivity contribution >= 4 is 40.1 Å². The third-order valence-corrected chi connectivity index (χ3v) is 5.58. The van der Waals surface area contributed by atoms with Crippen molar-refractivity contribution < 1.29 is 18.0 Å². The number of nitrogens with zero attached hydrogens (tertiary/aromatic N) is 1. The zero-order valence-electron chi connectivity index (χ0n) is 14.3. The number of nitrogens with one attached hydrogen (secondary N) is 1. The number of halogens is 4. The number of amidine groups is 1. The normalized spacial score (nSPS) is 18.8. The third-order valence-electron chi connectivity index (χ3n) is 4.13. The number of aryl methyl sites for hydroxylation is 1. The fraction of sp³-hybridized carbons (Fsp3) is 0.263. The summed E-state index contributed by atoms with van der Waals surface area (Å²) in [6.45, 7) is 2.05. The molecule has 1 heterocycles. The van der Waals surface area contributed by atoms with Crippen LogP contribution in [0.4, 0.5) is 18.9 Å². The van der Waals surface area contributed by atoms with Crippen LogP contribution in [0.3, 0.4) is 0 Å². The van der Waals surface area contributed by atoms with E-state index in [1.165, 1.54) is 23.4 Å². The Hall–Kier alpha value is -1.99. The van der Waals surface area contributed by atoms with Gasteiger partial charge in [-0.1, -0.05) is 42.4 Å². The van der Waals surface area contributed by atoms with Crippen molar-refractivity contribution in [3.8, 4) is 0 Å². The number of amides is 1. The summed E-state index contributed by atoms with van der Waals surface area (Å²) in [7, 11) is 0. The van der Waals surface area contributed by atoms with Crippen molar-refractivity contribution in [3.63, 3.8) is 0 Å². The van der Waals surface area contributed by atoms with Gasteiger partial charge in [-0.15, -0.1) is 0 Å². The van der Waals surface area contributed by atoms with E-state index in [2.05, 4.69) is 17.2 Å². The first kappa shape index (κ1) is 19.8. The van der Waals surface area contributed by atoms with E-state index >= 15 is 0 Å². The van der Waals surface area contributed by atoms with Crippen molar-refractivity contribution in [2.75, 3.05) is 0 Å². The maximum atomic E-state index is 12.9. The van der Waals surface area contributed by atoms with Gasteiger partial charge in [0, 0.05) is 5.02 Å². The Labute approximate surface area is 164 Å². The van der Waals surface area contributed by atoms with Crippen LogP contribution in [0.25, 0.3) is 0 Å². The Balaban J connectivity index is 1.75. The maximum absolute atomic E-state index is 12.9. The number of carbonyl (C=O) groups is 1. The molecule has 0 radical (unpaired) electrons. The van der Waals surface area contributed by atoms with Gasteiger partial charge < -0.3 is 5.32 Å². The molecule has 1 aliphatic heterocycles. The van der Waals surface area contributed by atoms with Crippen LogP contribution in [0, 0.1) is 0 Å². The summed E-state index contributed by atoms with van der Waals surface area (Å²) in [5.41, 5.74) is 1.38. The van der Waals surface area contributed by atoms with E-state index in [4.69, 9.17) is 11.6 Å². The van der Waals surface area contributed by atoms with E-state index in [1.807, 2.05) is 24.3 Å². The SMILES string of the molecule is CCc1ccc(N=C2NC(=O)C(Cc3cc(C(F)(F)F)ccc3Cl)S2)cc1. The molecule has 0 saturated carbocycles. The Morgan fingerprint density at radius 3 is 2.52 bits per heavy atom. The lowest BCUT2D eigenvalue weighted by molar-refractivity contribution is -0.137. The van der Waals surface area contributed by atoms with Crippen LogP contribution in [-0.2, 0) is 23.8 Å². The van der Waals surface area contributed by atoms with Gasteiger partial charge in [0.15, 0.2) is 5.17 Å². The van der Waals surface area contributed by atoms with Crippen molar-refractivity contribution in [2.24, 2.45) is 4.99 Å². The molecule has 3 rings (SSSR count). The molecule has 142 valence electrons. The van der Waals surface area contributed by atoms with Crippen molar-refractivity contribution in [1.29, 1.82) is 0 Å². The van der Waals surface area contributed by atoms with Crippen LogP contribution in [0.5, 0.6) is 0 Å². The van der Waals surface area contributed by atoms with Crippen LogP contribution in [0.2, 0.25) is 5.02 Å². The van der Waals surface area contributed by atoms with E-state index in [-0.39, 0.29) is 22.9 Å². The van der Waals surface area contributed by atoms with Gasteiger partial charge in [-0.05, 0) is 54.3 Å². The van der Waals surface area contributed by atoms with Crippen LogP contribution in [0.1, 0.15) is 23.6 Å². The maximum Gasteiger partial charge on any atom is 0.416 e. The first-order chi connectivity index (χ1) is 12.8. The molecule has 1 N–H and O–H groups in total. The summed E-state index contributed by atoms with van der Waals surface area (Å²) in [4.78, 5) is 16.6. The number of rotatable bonds is 4. The Bertz CT molecular complexity index is 882. The van der Waals surface area contributed by atoms with Crippen LogP contribution in [-0.4, -0.2) is 16.3 Å². The smallest absolute Gasteiger partial charge is 0.304 e. The molecule has 1 fully saturated rings. The molecule has 0 bridgehead atoms. The van der Waals surface area contributed by atoms with Crippen LogP contribution >= 0.6 is 23.4 Å². The molecular weight excluding hydrogens is 397 g/mol. The van der Waals surface area contributed by atoms with E-state index in [0.717, 1.165) is 18.6 Å². The Morgan fingerprint density at radius 1 is 1.19 bits per heavy atom. The fourth-order valence-corrected chi connectivity index (χ4v) is 3.83. The van der Waals surface area contributed by atoms with Crippen LogP contribution in [0.15, 0.2) is 47.5 Å². The molecular formula is C19H16ClF3N2OS. The van der Waals surface area contributed by atoms with E-state index in [1.54, 1.807) is 0 Å². The average Bonchev–Trinajstić information content (AvgIpc) is 2.95.